The Labute approximate surface area is 84.6 Å². The molecular formula is C6H22N2O3Si2. The molecule has 0 spiro atoms. The van der Waals surface area contributed by atoms with Crippen LogP contribution in [0.4, 0.5) is 0 Å². The van der Waals surface area contributed by atoms with E-state index < -0.39 is 8.80 Å². The lowest BCUT2D eigenvalue weighted by molar-refractivity contribution is 0.123. The first-order valence-corrected chi connectivity index (χ1v) is 7.26. The van der Waals surface area contributed by atoms with Crippen LogP contribution in [0.1, 0.15) is 6.42 Å². The number of hydrogen-bond donors (Lipinski definition) is 2. The Morgan fingerprint density at radius 3 is 1.69 bits per heavy atom. The summed E-state index contributed by atoms with van der Waals surface area (Å²) >= 11 is 0. The summed E-state index contributed by atoms with van der Waals surface area (Å²) in [6.07, 6.45) is 0.877. The predicted molar refractivity (Wildman–Crippen MR) is 59.4 cm³/mol. The monoisotopic (exact) mass is 226 g/mol. The van der Waals surface area contributed by atoms with Crippen molar-refractivity contribution in [1.82, 2.24) is 0 Å². The number of nitrogens with two attached hydrogens (primary N) is 2. The summed E-state index contributed by atoms with van der Waals surface area (Å²) in [4.78, 5) is 0. The average Bonchev–Trinajstić information content (AvgIpc) is 2.24. The van der Waals surface area contributed by atoms with Crippen molar-refractivity contribution in [3.8, 4) is 0 Å². The van der Waals surface area contributed by atoms with Crippen molar-refractivity contribution in [1.29, 1.82) is 0 Å². The van der Waals surface area contributed by atoms with Crippen LogP contribution < -0.4 is 11.1 Å². The molecule has 0 radical (unpaired) electrons. The molecule has 82 valence electrons. The van der Waals surface area contributed by atoms with E-state index in [-0.39, 0.29) is 0 Å². The Morgan fingerprint density at radius 2 is 1.46 bits per heavy atom. The normalized spacial score (nSPS) is 10.8. The summed E-state index contributed by atoms with van der Waals surface area (Å²) in [7, 11) is 3.31. The Kier molecular flexibility index (Phi) is 12.5. The van der Waals surface area contributed by atoms with E-state index in [0.29, 0.717) is 6.54 Å². The molecule has 0 unspecified atom stereocenters. The van der Waals surface area contributed by atoms with Crippen LogP contribution in [0.2, 0.25) is 6.04 Å². The highest BCUT2D eigenvalue weighted by Gasteiger charge is 2.36. The van der Waals surface area contributed by atoms with Crippen LogP contribution in [-0.2, 0) is 13.3 Å². The van der Waals surface area contributed by atoms with Crippen molar-refractivity contribution >= 4 is 19.2 Å². The smallest absolute Gasteiger partial charge is 0.377 e. The second kappa shape index (κ2) is 10.3. The van der Waals surface area contributed by atoms with Gasteiger partial charge in [-0.1, -0.05) is 0 Å². The Bertz CT molecular complexity index is 95.6. The molecule has 4 N–H and O–H groups in total. The predicted octanol–water partition coefficient (Wildman–Crippen LogP) is -1.56. The van der Waals surface area contributed by atoms with E-state index in [1.54, 1.807) is 21.3 Å². The van der Waals surface area contributed by atoms with Crippen LogP contribution in [0.15, 0.2) is 0 Å². The third kappa shape index (κ3) is 6.32. The molecule has 0 aromatic carbocycles. The molecule has 0 saturated carbocycles. The lowest BCUT2D eigenvalue weighted by Gasteiger charge is -2.23. The second-order valence-corrected chi connectivity index (χ2v) is 5.28. The van der Waals surface area contributed by atoms with Crippen LogP contribution in [0.3, 0.4) is 0 Å². The van der Waals surface area contributed by atoms with Crippen molar-refractivity contribution < 1.29 is 13.3 Å². The summed E-state index contributed by atoms with van der Waals surface area (Å²) in [5.74, 6) is 0. The van der Waals surface area contributed by atoms with Gasteiger partial charge in [0.1, 0.15) is 0 Å². The van der Waals surface area contributed by atoms with Gasteiger partial charge in [-0.25, -0.2) is 0 Å². The fraction of sp³-hybridized carbons (Fsp3) is 1.00. The molecule has 0 heterocycles. The van der Waals surface area contributed by atoms with Gasteiger partial charge in [0.15, 0.2) is 0 Å². The molecule has 7 heteroatoms. The molecule has 0 aliphatic rings. The van der Waals surface area contributed by atoms with Crippen molar-refractivity contribution in [2.24, 2.45) is 11.1 Å². The highest BCUT2D eigenvalue weighted by atomic mass is 28.4. The lowest BCUT2D eigenvalue weighted by atomic mass is 10.5. The zero-order valence-corrected chi connectivity index (χ0v) is 12.0. The molecule has 0 aliphatic carbocycles. The standard InChI is InChI=1S/C6H17NO3Si.H5NSi/c1-8-11(9-2,10-3)6-4-5-7;1-2/h4-7H2,1-3H3;1H2,2H3. The van der Waals surface area contributed by atoms with E-state index >= 15 is 0 Å². The average molecular weight is 226 g/mol. The minimum atomic E-state index is -2.32. The highest BCUT2D eigenvalue weighted by Crippen LogP contribution is 2.13. The minimum Gasteiger partial charge on any atom is -0.377 e. The first kappa shape index (κ1) is 15.7. The molecule has 0 aromatic heterocycles. The SMILES string of the molecule is CO[Si](CCCN)(OC)OC.N[SiH3]. The number of hydrogen-bond acceptors (Lipinski definition) is 5. The molecule has 0 rings (SSSR count). The van der Waals surface area contributed by atoms with Gasteiger partial charge in [-0.3, -0.25) is 0 Å². The van der Waals surface area contributed by atoms with Gasteiger partial charge in [-0.2, -0.15) is 0 Å². The van der Waals surface area contributed by atoms with Crippen molar-refractivity contribution in [3.05, 3.63) is 0 Å². The number of rotatable bonds is 6. The summed E-state index contributed by atoms with van der Waals surface area (Å²) in [5.41, 5.74) is 5.36. The maximum Gasteiger partial charge on any atom is 0.500 e. The van der Waals surface area contributed by atoms with Gasteiger partial charge in [0, 0.05) is 27.4 Å². The second-order valence-electron chi connectivity index (χ2n) is 2.19. The van der Waals surface area contributed by atoms with Gasteiger partial charge >= 0.3 is 8.80 Å². The molecule has 0 amide bonds. The lowest BCUT2D eigenvalue weighted by Crippen LogP contribution is -2.42. The third-order valence-corrected chi connectivity index (χ3v) is 4.45. The van der Waals surface area contributed by atoms with E-state index in [0.717, 1.165) is 22.9 Å². The maximum absolute atomic E-state index is 5.36. The first-order valence-electron chi connectivity index (χ1n) is 4.18. The summed E-state index contributed by atoms with van der Waals surface area (Å²) in [5, 5.41) is 4.64. The van der Waals surface area contributed by atoms with Crippen molar-refractivity contribution in [3.63, 3.8) is 0 Å². The Hall–Kier alpha value is 0.234. The topological polar surface area (TPSA) is 79.7 Å². The summed E-state index contributed by atoms with van der Waals surface area (Å²) in [6.45, 7) is 0.644. The quantitative estimate of drug-likeness (QED) is 0.536. The largest absolute Gasteiger partial charge is 0.500 e. The molecule has 0 saturated heterocycles. The zero-order valence-electron chi connectivity index (χ0n) is 9.00. The van der Waals surface area contributed by atoms with E-state index in [9.17, 15) is 0 Å². The van der Waals surface area contributed by atoms with Crippen molar-refractivity contribution in [2.75, 3.05) is 27.9 Å². The molecule has 0 aliphatic heterocycles. The zero-order chi connectivity index (χ0) is 10.7. The fourth-order valence-electron chi connectivity index (χ4n) is 0.875. The maximum atomic E-state index is 5.36. The highest BCUT2D eigenvalue weighted by molar-refractivity contribution is 6.60. The Morgan fingerprint density at radius 1 is 1.08 bits per heavy atom. The van der Waals surface area contributed by atoms with Gasteiger partial charge in [-0.05, 0) is 13.0 Å². The molecule has 0 atom stereocenters. The molecule has 0 bridgehead atoms. The van der Waals surface area contributed by atoms with Gasteiger partial charge in [0.2, 0.25) is 0 Å². The van der Waals surface area contributed by atoms with Gasteiger partial charge in [-0.15, -0.1) is 0 Å². The summed E-state index contributed by atoms with van der Waals surface area (Å²) in [6, 6.07) is 0.785. The minimum absolute atomic E-state index is 0.644. The van der Waals surface area contributed by atoms with Gasteiger partial charge in [0.25, 0.3) is 0 Å². The van der Waals surface area contributed by atoms with E-state index in [2.05, 4.69) is 5.40 Å². The van der Waals surface area contributed by atoms with Crippen molar-refractivity contribution in [2.45, 2.75) is 12.5 Å². The van der Waals surface area contributed by atoms with Crippen LogP contribution in [-0.4, -0.2) is 47.1 Å². The molecule has 0 fully saturated rings. The Balaban J connectivity index is 0. The van der Waals surface area contributed by atoms with E-state index in [1.165, 1.54) is 0 Å². The fourth-order valence-corrected chi connectivity index (χ4v) is 2.62. The molecule has 13 heavy (non-hydrogen) atoms. The van der Waals surface area contributed by atoms with Crippen LogP contribution in [0, 0.1) is 0 Å². The summed E-state index contributed by atoms with van der Waals surface area (Å²) < 4.78 is 15.5. The van der Waals surface area contributed by atoms with Crippen LogP contribution in [0.5, 0.6) is 0 Å². The third-order valence-electron chi connectivity index (χ3n) is 1.62. The van der Waals surface area contributed by atoms with E-state index in [1.807, 2.05) is 0 Å². The van der Waals surface area contributed by atoms with Gasteiger partial charge in [0.05, 0.1) is 10.4 Å². The van der Waals surface area contributed by atoms with Crippen LogP contribution >= 0.6 is 0 Å². The molecule has 5 nitrogen and oxygen atoms in total. The first-order chi connectivity index (χ1) is 6.24. The molecule has 0 aromatic rings. The van der Waals surface area contributed by atoms with Crippen LogP contribution in [0.25, 0.3) is 0 Å². The van der Waals surface area contributed by atoms with E-state index in [4.69, 9.17) is 19.0 Å². The van der Waals surface area contributed by atoms with Gasteiger partial charge < -0.3 is 24.4 Å². The molecular weight excluding hydrogens is 204 g/mol.